The van der Waals surface area contributed by atoms with Crippen molar-refractivity contribution in [1.82, 2.24) is 4.37 Å². The van der Waals surface area contributed by atoms with Gasteiger partial charge >= 0.3 is 0 Å². The lowest BCUT2D eigenvalue weighted by molar-refractivity contribution is 0.695. The maximum Gasteiger partial charge on any atom is 0.0678 e. The van der Waals surface area contributed by atoms with Crippen LogP contribution in [0.3, 0.4) is 0 Å². The van der Waals surface area contributed by atoms with Crippen LogP contribution in [-0.2, 0) is 13.0 Å². The molecule has 0 spiro atoms. The molecule has 0 amide bonds. The molecule has 2 heterocycles. The molecule has 1 aromatic carbocycles. The molecule has 0 aliphatic carbocycles. The second kappa shape index (κ2) is 4.37. The smallest absolute Gasteiger partial charge is 0.0678 e. The summed E-state index contributed by atoms with van der Waals surface area (Å²) in [7, 11) is 0. The number of hydrogen-bond acceptors (Lipinski definition) is 4. The number of nitrogens with zero attached hydrogens (tertiary/aromatic N) is 2. The van der Waals surface area contributed by atoms with Crippen molar-refractivity contribution in [2.24, 2.45) is 0 Å². The summed E-state index contributed by atoms with van der Waals surface area (Å²) in [5.41, 5.74) is 9.52. The lowest BCUT2D eigenvalue weighted by Crippen LogP contribution is -2.28. The molecule has 1 aliphatic rings. The van der Waals surface area contributed by atoms with Gasteiger partial charge in [0, 0.05) is 12.2 Å². The highest BCUT2D eigenvalue weighted by molar-refractivity contribution is 7.06. The molecule has 0 saturated heterocycles. The quantitative estimate of drug-likeness (QED) is 0.884. The fraction of sp³-hybridized carbons (Fsp3) is 0.308. The fourth-order valence-corrected chi connectivity index (χ4v) is 3.01. The van der Waals surface area contributed by atoms with Crippen LogP contribution in [-0.4, -0.2) is 10.9 Å². The number of aryl methyl sites for hydroxylation is 1. The van der Waals surface area contributed by atoms with Gasteiger partial charge in [0.2, 0.25) is 0 Å². The number of para-hydroxylation sites is 1. The maximum absolute atomic E-state index is 5.90. The highest BCUT2D eigenvalue weighted by Crippen LogP contribution is 2.29. The number of hydrogen-bond donors (Lipinski definition) is 1. The predicted molar refractivity (Wildman–Crippen MR) is 72.3 cm³/mol. The van der Waals surface area contributed by atoms with Crippen LogP contribution in [0.2, 0.25) is 0 Å². The number of fused-ring (bicyclic) bond motifs is 1. The minimum absolute atomic E-state index is 0.818. The molecule has 0 radical (unpaired) electrons. The van der Waals surface area contributed by atoms with Crippen LogP contribution in [0.4, 0.5) is 11.4 Å². The van der Waals surface area contributed by atoms with Gasteiger partial charge in [-0.25, -0.2) is 0 Å². The van der Waals surface area contributed by atoms with E-state index in [1.165, 1.54) is 40.5 Å². The molecule has 0 saturated carbocycles. The Labute approximate surface area is 105 Å². The normalized spacial score (nSPS) is 14.7. The van der Waals surface area contributed by atoms with Crippen molar-refractivity contribution in [3.05, 3.63) is 40.9 Å². The third-order valence-corrected chi connectivity index (χ3v) is 4.01. The first-order valence-electron chi connectivity index (χ1n) is 5.86. The second-order valence-electron chi connectivity index (χ2n) is 4.36. The van der Waals surface area contributed by atoms with E-state index in [9.17, 15) is 0 Å². The van der Waals surface area contributed by atoms with Gasteiger partial charge in [-0.2, -0.15) is 4.37 Å². The van der Waals surface area contributed by atoms with Crippen LogP contribution in [0.5, 0.6) is 0 Å². The summed E-state index contributed by atoms with van der Waals surface area (Å²) in [6, 6.07) is 8.64. The largest absolute Gasteiger partial charge is 0.396 e. The average Bonchev–Trinajstić information content (AvgIpc) is 2.76. The third kappa shape index (κ3) is 2.00. The topological polar surface area (TPSA) is 42.1 Å². The van der Waals surface area contributed by atoms with Gasteiger partial charge in [-0.05, 0) is 36.0 Å². The number of aromatic nitrogens is 1. The molecule has 3 rings (SSSR count). The zero-order chi connectivity index (χ0) is 11.7. The molecule has 1 aliphatic heterocycles. The van der Waals surface area contributed by atoms with E-state index in [1.807, 2.05) is 0 Å². The Morgan fingerprint density at radius 2 is 2.24 bits per heavy atom. The van der Waals surface area contributed by atoms with Crippen molar-refractivity contribution < 1.29 is 0 Å². The lowest BCUT2D eigenvalue weighted by Gasteiger charge is -2.30. The van der Waals surface area contributed by atoms with Crippen LogP contribution in [0, 0.1) is 0 Å². The van der Waals surface area contributed by atoms with E-state index >= 15 is 0 Å². The second-order valence-corrected chi connectivity index (χ2v) is 5.24. The molecule has 0 atom stereocenters. The van der Waals surface area contributed by atoms with Gasteiger partial charge in [-0.15, -0.1) is 0 Å². The van der Waals surface area contributed by atoms with Crippen molar-refractivity contribution in [2.75, 3.05) is 17.2 Å². The summed E-state index contributed by atoms with van der Waals surface area (Å²) >= 11 is 1.50. The monoisotopic (exact) mass is 245 g/mol. The maximum atomic E-state index is 5.90. The van der Waals surface area contributed by atoms with Crippen molar-refractivity contribution in [2.45, 2.75) is 19.4 Å². The van der Waals surface area contributed by atoms with Crippen LogP contribution < -0.4 is 10.6 Å². The number of nitrogens with two attached hydrogens (primary N) is 1. The molecule has 3 nitrogen and oxygen atoms in total. The van der Waals surface area contributed by atoms with Crippen LogP contribution in [0.15, 0.2) is 30.5 Å². The summed E-state index contributed by atoms with van der Waals surface area (Å²) in [6.07, 6.45) is 4.15. The van der Waals surface area contributed by atoms with E-state index in [-0.39, 0.29) is 0 Å². The first-order valence-corrected chi connectivity index (χ1v) is 6.64. The first kappa shape index (κ1) is 10.6. The molecular formula is C13H15N3S. The standard InChI is InChI=1S/C13H15N3S/c14-11-8-15-17-13(11)9-16-7-3-5-10-4-1-2-6-12(10)16/h1-2,4,6,8H,3,5,7,9,14H2. The molecule has 2 aromatic rings. The molecule has 4 heteroatoms. The Balaban J connectivity index is 1.88. The van der Waals surface area contributed by atoms with Gasteiger partial charge in [0.15, 0.2) is 0 Å². The van der Waals surface area contributed by atoms with E-state index < -0.39 is 0 Å². The van der Waals surface area contributed by atoms with Gasteiger partial charge in [-0.1, -0.05) is 18.2 Å². The number of anilines is 2. The Kier molecular flexibility index (Phi) is 2.73. The van der Waals surface area contributed by atoms with Gasteiger partial charge < -0.3 is 10.6 Å². The van der Waals surface area contributed by atoms with Crippen molar-refractivity contribution in [1.29, 1.82) is 0 Å². The highest BCUT2D eigenvalue weighted by Gasteiger charge is 2.17. The zero-order valence-corrected chi connectivity index (χ0v) is 10.4. The summed E-state index contributed by atoms with van der Waals surface area (Å²) in [4.78, 5) is 3.57. The van der Waals surface area contributed by atoms with Crippen LogP contribution in [0.1, 0.15) is 16.9 Å². The van der Waals surface area contributed by atoms with E-state index in [0.717, 1.165) is 18.8 Å². The van der Waals surface area contributed by atoms with Crippen LogP contribution in [0.25, 0.3) is 0 Å². The Morgan fingerprint density at radius 3 is 3.06 bits per heavy atom. The minimum Gasteiger partial charge on any atom is -0.396 e. The van der Waals surface area contributed by atoms with Crippen molar-refractivity contribution in [3.8, 4) is 0 Å². The summed E-state index contributed by atoms with van der Waals surface area (Å²) in [5, 5.41) is 0. The molecule has 17 heavy (non-hydrogen) atoms. The Morgan fingerprint density at radius 1 is 1.35 bits per heavy atom. The minimum atomic E-state index is 0.818. The molecule has 0 bridgehead atoms. The van der Waals surface area contributed by atoms with Crippen LogP contribution >= 0.6 is 11.5 Å². The molecule has 88 valence electrons. The van der Waals surface area contributed by atoms with E-state index in [1.54, 1.807) is 6.20 Å². The highest BCUT2D eigenvalue weighted by atomic mass is 32.1. The summed E-state index contributed by atoms with van der Waals surface area (Å²) < 4.78 is 4.13. The van der Waals surface area contributed by atoms with Gasteiger partial charge in [0.1, 0.15) is 0 Å². The number of benzene rings is 1. The van der Waals surface area contributed by atoms with Gasteiger partial charge in [0.25, 0.3) is 0 Å². The van der Waals surface area contributed by atoms with E-state index in [2.05, 4.69) is 33.5 Å². The van der Waals surface area contributed by atoms with Gasteiger partial charge in [-0.3, -0.25) is 0 Å². The molecule has 2 N–H and O–H groups in total. The lowest BCUT2D eigenvalue weighted by atomic mass is 10.0. The Hall–Kier alpha value is -1.55. The van der Waals surface area contributed by atoms with Crippen molar-refractivity contribution in [3.63, 3.8) is 0 Å². The molecule has 0 fully saturated rings. The zero-order valence-electron chi connectivity index (χ0n) is 9.60. The van der Waals surface area contributed by atoms with Crippen molar-refractivity contribution >= 4 is 22.9 Å². The third-order valence-electron chi connectivity index (χ3n) is 3.22. The van der Waals surface area contributed by atoms with E-state index in [0.29, 0.717) is 0 Å². The van der Waals surface area contributed by atoms with Gasteiger partial charge in [0.05, 0.1) is 23.3 Å². The predicted octanol–water partition coefficient (Wildman–Crippen LogP) is 2.68. The fourth-order valence-electron chi connectivity index (χ4n) is 2.34. The number of nitrogen functional groups attached to an aromatic ring is 1. The number of rotatable bonds is 2. The van der Waals surface area contributed by atoms with E-state index in [4.69, 9.17) is 5.73 Å². The summed E-state index contributed by atoms with van der Waals surface area (Å²) in [5.74, 6) is 0. The first-order chi connectivity index (χ1) is 8.34. The Bertz CT molecular complexity index is 521. The molecule has 0 unspecified atom stereocenters. The average molecular weight is 245 g/mol. The molecular weight excluding hydrogens is 230 g/mol. The molecule has 1 aromatic heterocycles. The summed E-state index contributed by atoms with van der Waals surface area (Å²) in [6.45, 7) is 1.99. The SMILES string of the molecule is Nc1cnsc1CN1CCCc2ccccc21.